The summed E-state index contributed by atoms with van der Waals surface area (Å²) in [5.74, 6) is 2.64. The van der Waals surface area contributed by atoms with E-state index in [4.69, 9.17) is 4.74 Å². The predicted molar refractivity (Wildman–Crippen MR) is 52.6 cm³/mol. The summed E-state index contributed by atoms with van der Waals surface area (Å²) in [5, 5.41) is 0. The van der Waals surface area contributed by atoms with Gasteiger partial charge in [-0.2, -0.15) is 0 Å². The van der Waals surface area contributed by atoms with Gasteiger partial charge >= 0.3 is 5.97 Å². The van der Waals surface area contributed by atoms with Crippen LogP contribution in [0.1, 0.15) is 39.0 Å². The first-order chi connectivity index (χ1) is 6.72. The minimum atomic E-state index is 0.0941. The second-order valence-electron chi connectivity index (χ2n) is 5.51. The molecule has 2 heteroatoms. The summed E-state index contributed by atoms with van der Waals surface area (Å²) in [6.45, 7) is 2.08. The maximum absolute atomic E-state index is 11.7. The first-order valence-electron chi connectivity index (χ1n) is 5.93. The van der Waals surface area contributed by atoms with Gasteiger partial charge in [0.2, 0.25) is 0 Å². The quantitative estimate of drug-likeness (QED) is 0.553. The van der Waals surface area contributed by atoms with Gasteiger partial charge in [0.1, 0.15) is 6.10 Å². The fourth-order valence-corrected chi connectivity index (χ4v) is 3.85. The average molecular weight is 194 g/mol. The number of rotatable bonds is 0. The molecule has 2 heterocycles. The Morgan fingerprint density at radius 3 is 2.36 bits per heavy atom. The van der Waals surface area contributed by atoms with E-state index in [-0.39, 0.29) is 18.0 Å². The van der Waals surface area contributed by atoms with Crippen LogP contribution < -0.4 is 0 Å². The summed E-state index contributed by atoms with van der Waals surface area (Å²) in [6.07, 6.45) is 6.39. The summed E-state index contributed by atoms with van der Waals surface area (Å²) in [6, 6.07) is 0. The van der Waals surface area contributed by atoms with E-state index in [9.17, 15) is 4.79 Å². The first-order valence-corrected chi connectivity index (χ1v) is 5.93. The Balaban J connectivity index is 1.91. The highest BCUT2D eigenvalue weighted by atomic mass is 16.5. The van der Waals surface area contributed by atoms with Gasteiger partial charge in [-0.3, -0.25) is 4.79 Å². The van der Waals surface area contributed by atoms with Crippen LogP contribution in [0.4, 0.5) is 0 Å². The molecule has 0 aromatic rings. The number of hydrogen-bond donors (Lipinski definition) is 0. The van der Waals surface area contributed by atoms with Crippen LogP contribution in [0.3, 0.4) is 0 Å². The molecule has 2 nitrogen and oxygen atoms in total. The summed E-state index contributed by atoms with van der Waals surface area (Å²) in [5.41, 5.74) is 0. The van der Waals surface area contributed by atoms with Crippen molar-refractivity contribution in [2.45, 2.75) is 45.1 Å². The van der Waals surface area contributed by atoms with Crippen LogP contribution in [-0.4, -0.2) is 12.1 Å². The zero-order valence-electron chi connectivity index (χ0n) is 8.74. The van der Waals surface area contributed by atoms with Gasteiger partial charge in [0.05, 0.1) is 5.92 Å². The summed E-state index contributed by atoms with van der Waals surface area (Å²) in [4.78, 5) is 11.7. The Kier molecular flexibility index (Phi) is 1.86. The number of hydrogen-bond acceptors (Lipinski definition) is 2. The molecule has 2 saturated heterocycles. The molecule has 5 atom stereocenters. The van der Waals surface area contributed by atoms with Gasteiger partial charge in [-0.1, -0.05) is 0 Å². The van der Waals surface area contributed by atoms with Crippen molar-refractivity contribution in [2.24, 2.45) is 23.7 Å². The summed E-state index contributed by atoms with van der Waals surface area (Å²) < 4.78 is 5.49. The molecule has 4 fully saturated rings. The van der Waals surface area contributed by atoms with Gasteiger partial charge in [-0.25, -0.2) is 0 Å². The number of carbonyl (C=O) groups is 1. The maximum Gasteiger partial charge on any atom is 0.309 e. The molecule has 4 rings (SSSR count). The molecule has 78 valence electrons. The van der Waals surface area contributed by atoms with Gasteiger partial charge in [0.15, 0.2) is 0 Å². The Hall–Kier alpha value is -0.530. The summed E-state index contributed by atoms with van der Waals surface area (Å²) >= 11 is 0. The molecule has 0 aromatic heterocycles. The molecule has 0 spiro atoms. The van der Waals surface area contributed by atoms with Gasteiger partial charge in [0, 0.05) is 0 Å². The normalized spacial score (nSPS) is 51.2. The van der Waals surface area contributed by atoms with Crippen molar-refractivity contribution in [1.29, 1.82) is 0 Å². The van der Waals surface area contributed by atoms with Crippen LogP contribution in [0.15, 0.2) is 0 Å². The van der Waals surface area contributed by atoms with Crippen molar-refractivity contribution >= 4 is 5.97 Å². The summed E-state index contributed by atoms with van der Waals surface area (Å²) in [7, 11) is 0. The van der Waals surface area contributed by atoms with Gasteiger partial charge in [-0.15, -0.1) is 0 Å². The largest absolute Gasteiger partial charge is 0.462 e. The van der Waals surface area contributed by atoms with Gasteiger partial charge < -0.3 is 4.74 Å². The SMILES string of the molecule is CC1OC(=O)C2C[C@@H]3CC1C[C@H](C2)C3. The van der Waals surface area contributed by atoms with E-state index in [1.54, 1.807) is 0 Å². The molecule has 2 saturated carbocycles. The van der Waals surface area contributed by atoms with E-state index < -0.39 is 0 Å². The van der Waals surface area contributed by atoms with Gasteiger partial charge in [0.25, 0.3) is 0 Å². The lowest BCUT2D eigenvalue weighted by atomic mass is 9.63. The molecule has 2 aliphatic heterocycles. The second-order valence-corrected chi connectivity index (χ2v) is 5.51. The Labute approximate surface area is 85.0 Å². The molecule has 0 amide bonds. The fourth-order valence-electron chi connectivity index (χ4n) is 3.85. The van der Waals surface area contributed by atoms with Gasteiger partial charge in [-0.05, 0) is 56.8 Å². The standard InChI is InChI=1S/C12H18O2/c1-7-10-3-8-2-9(4-10)6-11(5-8)12(13)14-7/h7-11H,2-6H2,1H3/t7?,8-,9+,10?,11?. The number of esters is 1. The number of ether oxygens (including phenoxy) is 1. The average Bonchev–Trinajstić information content (AvgIpc) is 2.15. The van der Waals surface area contributed by atoms with Crippen molar-refractivity contribution in [3.05, 3.63) is 0 Å². The number of fused-ring (bicyclic) bond motifs is 2. The van der Waals surface area contributed by atoms with E-state index in [0.29, 0.717) is 5.92 Å². The van der Waals surface area contributed by atoms with Crippen LogP contribution in [-0.2, 0) is 9.53 Å². The molecule has 0 radical (unpaired) electrons. The van der Waals surface area contributed by atoms with Crippen LogP contribution in [0, 0.1) is 23.7 Å². The molecule has 3 unspecified atom stereocenters. The molecule has 4 bridgehead atoms. The Morgan fingerprint density at radius 2 is 1.71 bits per heavy atom. The highest BCUT2D eigenvalue weighted by Crippen LogP contribution is 2.48. The lowest BCUT2D eigenvalue weighted by Crippen LogP contribution is -2.43. The third-order valence-corrected chi connectivity index (χ3v) is 4.47. The molecule has 4 aliphatic rings. The van der Waals surface area contributed by atoms with E-state index in [1.807, 2.05) is 0 Å². The topological polar surface area (TPSA) is 26.3 Å². The van der Waals surface area contributed by atoms with E-state index in [2.05, 4.69) is 6.92 Å². The fraction of sp³-hybridized carbons (Fsp3) is 0.917. The van der Waals surface area contributed by atoms with Crippen LogP contribution >= 0.6 is 0 Å². The van der Waals surface area contributed by atoms with E-state index in [0.717, 1.165) is 24.7 Å². The maximum atomic E-state index is 11.7. The first kappa shape index (κ1) is 8.75. The molecule has 0 aromatic carbocycles. The molecule has 14 heavy (non-hydrogen) atoms. The number of carbonyl (C=O) groups excluding carboxylic acids is 1. The zero-order chi connectivity index (χ0) is 9.71. The minimum absolute atomic E-state index is 0.0941. The Bertz CT molecular complexity index is 247. The van der Waals surface area contributed by atoms with Crippen LogP contribution in [0.5, 0.6) is 0 Å². The molecule has 2 aliphatic carbocycles. The monoisotopic (exact) mass is 194 g/mol. The lowest BCUT2D eigenvalue weighted by molar-refractivity contribution is -0.167. The van der Waals surface area contributed by atoms with Crippen molar-refractivity contribution in [3.63, 3.8) is 0 Å². The highest BCUT2D eigenvalue weighted by Gasteiger charge is 2.44. The van der Waals surface area contributed by atoms with Crippen LogP contribution in [0.2, 0.25) is 0 Å². The predicted octanol–water partition coefficient (Wildman–Crippen LogP) is 2.37. The van der Waals surface area contributed by atoms with Crippen molar-refractivity contribution < 1.29 is 9.53 Å². The smallest absolute Gasteiger partial charge is 0.309 e. The van der Waals surface area contributed by atoms with E-state index >= 15 is 0 Å². The van der Waals surface area contributed by atoms with Crippen LogP contribution in [0.25, 0.3) is 0 Å². The van der Waals surface area contributed by atoms with Crippen molar-refractivity contribution in [1.82, 2.24) is 0 Å². The minimum Gasteiger partial charge on any atom is -0.462 e. The lowest BCUT2D eigenvalue weighted by Gasteiger charge is -2.46. The van der Waals surface area contributed by atoms with E-state index in [1.165, 1.54) is 19.3 Å². The third-order valence-electron chi connectivity index (χ3n) is 4.47. The third kappa shape index (κ3) is 1.27. The van der Waals surface area contributed by atoms with Crippen molar-refractivity contribution in [3.8, 4) is 0 Å². The molecular weight excluding hydrogens is 176 g/mol. The highest BCUT2D eigenvalue weighted by molar-refractivity contribution is 5.73. The zero-order valence-corrected chi connectivity index (χ0v) is 8.74. The van der Waals surface area contributed by atoms with Crippen molar-refractivity contribution in [2.75, 3.05) is 0 Å². The molecule has 0 N–H and O–H groups in total. The molecular formula is C12H18O2. The second kappa shape index (κ2) is 2.98. The Morgan fingerprint density at radius 1 is 1.07 bits per heavy atom.